The lowest BCUT2D eigenvalue weighted by molar-refractivity contribution is -0.117. The predicted octanol–water partition coefficient (Wildman–Crippen LogP) is 5.40. The number of likely N-dealkylation sites (tertiary alicyclic amines) is 1. The van der Waals surface area contributed by atoms with E-state index in [2.05, 4.69) is 10.2 Å². The molecule has 1 aliphatic rings. The Balaban J connectivity index is 1.33. The molecule has 0 radical (unpaired) electrons. The van der Waals surface area contributed by atoms with Gasteiger partial charge >= 0.3 is 5.97 Å². The Kier molecular flexibility index (Phi) is 5.64. The van der Waals surface area contributed by atoms with Crippen molar-refractivity contribution in [2.75, 3.05) is 18.4 Å². The zero-order valence-corrected chi connectivity index (χ0v) is 18.4. The number of carboxylic acid groups (broad SMARTS) is 1. The average Bonchev–Trinajstić information content (AvgIpc) is 3.39. The summed E-state index contributed by atoms with van der Waals surface area (Å²) in [6, 6.07) is 21.9. The number of nitrogens with zero attached hydrogens (tertiary/aromatic N) is 1. The van der Waals surface area contributed by atoms with Gasteiger partial charge in [-0.2, -0.15) is 0 Å². The van der Waals surface area contributed by atoms with Crippen molar-refractivity contribution in [3.63, 3.8) is 0 Å². The van der Waals surface area contributed by atoms with Crippen molar-refractivity contribution in [3.8, 4) is 0 Å². The molecule has 1 amide bonds. The number of anilines is 1. The number of amides is 1. The van der Waals surface area contributed by atoms with E-state index in [0.29, 0.717) is 17.8 Å². The van der Waals surface area contributed by atoms with Crippen LogP contribution in [0.4, 0.5) is 5.69 Å². The maximum absolute atomic E-state index is 12.9. The molecule has 6 heteroatoms. The van der Waals surface area contributed by atoms with Crippen molar-refractivity contribution in [1.82, 2.24) is 4.90 Å². The summed E-state index contributed by atoms with van der Waals surface area (Å²) in [5.74, 6) is -0.915. The summed E-state index contributed by atoms with van der Waals surface area (Å²) in [4.78, 5) is 27.4. The standard InChI is InChI=1S/C26H24N2O3S/c29-24(27-22-12-5-8-17-7-1-2-10-19(17)22)16-28-14-6-9-18(28)15-21-20-11-3-4-13-23(20)32-25(21)26(30)31/h1-5,7-8,10-13,18H,6,9,14-16H2,(H,27,29)(H,30,31)/t18-/m0/s1. The highest BCUT2D eigenvalue weighted by atomic mass is 32.1. The van der Waals surface area contributed by atoms with E-state index in [-0.39, 0.29) is 11.9 Å². The average molecular weight is 445 g/mol. The Hall–Kier alpha value is -3.22. The quantitative estimate of drug-likeness (QED) is 0.418. The minimum atomic E-state index is -0.876. The second-order valence-corrected chi connectivity index (χ2v) is 9.31. The number of carboxylic acids is 1. The number of fused-ring (bicyclic) bond motifs is 2. The molecule has 4 aromatic rings. The Morgan fingerprint density at radius 3 is 2.59 bits per heavy atom. The number of benzene rings is 3. The van der Waals surface area contributed by atoms with Gasteiger partial charge in [0, 0.05) is 21.8 Å². The molecule has 2 N–H and O–H groups in total. The van der Waals surface area contributed by atoms with Crippen LogP contribution in [0.5, 0.6) is 0 Å². The second-order valence-electron chi connectivity index (χ2n) is 8.26. The third kappa shape index (κ3) is 3.99. The van der Waals surface area contributed by atoms with Gasteiger partial charge in [0.25, 0.3) is 0 Å². The molecule has 2 heterocycles. The van der Waals surface area contributed by atoms with Crippen LogP contribution in [-0.2, 0) is 11.2 Å². The summed E-state index contributed by atoms with van der Waals surface area (Å²) >= 11 is 1.34. The number of carbonyl (C=O) groups is 2. The van der Waals surface area contributed by atoms with Gasteiger partial charge in [-0.3, -0.25) is 9.69 Å². The fourth-order valence-electron chi connectivity index (χ4n) is 4.75. The molecule has 0 bridgehead atoms. The number of nitrogens with one attached hydrogen (secondary N) is 1. The monoisotopic (exact) mass is 444 g/mol. The van der Waals surface area contributed by atoms with Crippen molar-refractivity contribution < 1.29 is 14.7 Å². The van der Waals surface area contributed by atoms with Crippen LogP contribution < -0.4 is 5.32 Å². The Labute approximate surface area is 190 Å². The first-order chi connectivity index (χ1) is 15.6. The fourth-order valence-corrected chi connectivity index (χ4v) is 5.82. The fraction of sp³-hybridized carbons (Fsp3) is 0.231. The number of thiophene rings is 1. The molecule has 162 valence electrons. The maximum atomic E-state index is 12.9. The highest BCUT2D eigenvalue weighted by Gasteiger charge is 2.29. The molecule has 0 spiro atoms. The molecule has 5 nitrogen and oxygen atoms in total. The van der Waals surface area contributed by atoms with E-state index in [1.165, 1.54) is 11.3 Å². The zero-order chi connectivity index (χ0) is 22.1. The molecule has 0 saturated carbocycles. The lowest BCUT2D eigenvalue weighted by Crippen LogP contribution is -2.38. The van der Waals surface area contributed by atoms with Gasteiger partial charge in [0.1, 0.15) is 4.88 Å². The molecule has 1 atom stereocenters. The Bertz CT molecular complexity index is 1310. The van der Waals surface area contributed by atoms with Crippen LogP contribution >= 0.6 is 11.3 Å². The van der Waals surface area contributed by atoms with E-state index in [0.717, 1.165) is 51.5 Å². The summed E-state index contributed by atoms with van der Waals surface area (Å²) in [5, 5.41) is 15.9. The van der Waals surface area contributed by atoms with Crippen LogP contribution in [0, 0.1) is 0 Å². The number of hydrogen-bond acceptors (Lipinski definition) is 4. The van der Waals surface area contributed by atoms with Gasteiger partial charge in [-0.25, -0.2) is 4.79 Å². The SMILES string of the molecule is O=C(CN1CCC[C@H]1Cc1c(C(=O)O)sc2ccccc12)Nc1cccc2ccccc12. The summed E-state index contributed by atoms with van der Waals surface area (Å²) < 4.78 is 0.998. The molecule has 1 fully saturated rings. The van der Waals surface area contributed by atoms with Gasteiger partial charge in [-0.05, 0) is 54.3 Å². The largest absolute Gasteiger partial charge is 0.477 e. The second kappa shape index (κ2) is 8.73. The first kappa shape index (κ1) is 20.7. The van der Waals surface area contributed by atoms with E-state index in [9.17, 15) is 14.7 Å². The van der Waals surface area contributed by atoms with Gasteiger partial charge in [0.15, 0.2) is 0 Å². The smallest absolute Gasteiger partial charge is 0.346 e. The van der Waals surface area contributed by atoms with Crippen LogP contribution in [0.3, 0.4) is 0 Å². The van der Waals surface area contributed by atoms with Gasteiger partial charge in [-0.1, -0.05) is 54.6 Å². The first-order valence-electron chi connectivity index (χ1n) is 10.9. The molecular formula is C26H24N2O3S. The Morgan fingerprint density at radius 1 is 1.00 bits per heavy atom. The van der Waals surface area contributed by atoms with Crippen molar-refractivity contribution >= 4 is 49.8 Å². The van der Waals surface area contributed by atoms with Crippen LogP contribution in [0.1, 0.15) is 28.1 Å². The van der Waals surface area contributed by atoms with E-state index in [1.54, 1.807) is 0 Å². The van der Waals surface area contributed by atoms with Crippen LogP contribution in [0.2, 0.25) is 0 Å². The molecule has 1 aliphatic heterocycles. The molecule has 32 heavy (non-hydrogen) atoms. The molecule has 0 unspecified atom stereocenters. The summed E-state index contributed by atoms with van der Waals surface area (Å²) in [6.45, 7) is 1.15. The summed E-state index contributed by atoms with van der Waals surface area (Å²) in [5.41, 5.74) is 1.71. The van der Waals surface area contributed by atoms with E-state index < -0.39 is 5.97 Å². The minimum Gasteiger partial charge on any atom is -0.477 e. The van der Waals surface area contributed by atoms with Gasteiger partial charge in [-0.15, -0.1) is 11.3 Å². The van der Waals surface area contributed by atoms with Crippen LogP contribution in [0.25, 0.3) is 20.9 Å². The number of aromatic carboxylic acids is 1. The van der Waals surface area contributed by atoms with Crippen molar-refractivity contribution in [2.24, 2.45) is 0 Å². The lowest BCUT2D eigenvalue weighted by Gasteiger charge is -2.24. The van der Waals surface area contributed by atoms with Crippen molar-refractivity contribution in [1.29, 1.82) is 0 Å². The van der Waals surface area contributed by atoms with Gasteiger partial charge < -0.3 is 10.4 Å². The minimum absolute atomic E-state index is 0.0399. The Morgan fingerprint density at radius 2 is 1.75 bits per heavy atom. The molecule has 1 aromatic heterocycles. The number of carbonyl (C=O) groups excluding carboxylic acids is 1. The van der Waals surface area contributed by atoms with Crippen molar-refractivity contribution in [3.05, 3.63) is 77.2 Å². The highest BCUT2D eigenvalue weighted by Crippen LogP contribution is 2.34. The normalized spacial score (nSPS) is 16.6. The van der Waals surface area contributed by atoms with Gasteiger partial charge in [0.2, 0.25) is 5.91 Å². The molecule has 5 rings (SSSR count). The molecule has 3 aromatic carbocycles. The zero-order valence-electron chi connectivity index (χ0n) is 17.6. The third-order valence-electron chi connectivity index (χ3n) is 6.24. The van der Waals surface area contributed by atoms with E-state index >= 15 is 0 Å². The summed E-state index contributed by atoms with van der Waals surface area (Å²) in [6.07, 6.45) is 2.62. The number of rotatable bonds is 6. The van der Waals surface area contributed by atoms with Crippen LogP contribution in [-0.4, -0.2) is 41.0 Å². The van der Waals surface area contributed by atoms with Crippen LogP contribution in [0.15, 0.2) is 66.7 Å². The molecule has 1 saturated heterocycles. The highest BCUT2D eigenvalue weighted by molar-refractivity contribution is 7.21. The van der Waals surface area contributed by atoms with Crippen molar-refractivity contribution in [2.45, 2.75) is 25.3 Å². The first-order valence-corrected chi connectivity index (χ1v) is 11.7. The lowest BCUT2D eigenvalue weighted by atomic mass is 10.0. The number of hydrogen-bond donors (Lipinski definition) is 2. The maximum Gasteiger partial charge on any atom is 0.346 e. The van der Waals surface area contributed by atoms with E-state index in [1.807, 2.05) is 66.7 Å². The molecule has 0 aliphatic carbocycles. The molecular weight excluding hydrogens is 420 g/mol. The van der Waals surface area contributed by atoms with Gasteiger partial charge in [0.05, 0.1) is 6.54 Å². The van der Waals surface area contributed by atoms with E-state index in [4.69, 9.17) is 0 Å². The summed E-state index contributed by atoms with van der Waals surface area (Å²) in [7, 11) is 0. The topological polar surface area (TPSA) is 69.6 Å². The third-order valence-corrected chi connectivity index (χ3v) is 7.44. The predicted molar refractivity (Wildman–Crippen MR) is 130 cm³/mol.